The lowest BCUT2D eigenvalue weighted by atomic mass is 10.2. The molecule has 0 bridgehead atoms. The van der Waals surface area contributed by atoms with E-state index in [4.69, 9.17) is 4.74 Å². The SMILES string of the molecule is COC(=O)/C(=C(/F)Sc1ccc(OC(=O)c2ccccc2)cc1C)C(F)(F)F. The predicted molar refractivity (Wildman–Crippen MR) is 94.6 cm³/mol. The number of carbonyl (C=O) groups is 2. The molecule has 0 radical (unpaired) electrons. The summed E-state index contributed by atoms with van der Waals surface area (Å²) < 4.78 is 62.1. The van der Waals surface area contributed by atoms with Gasteiger partial charge in [0.2, 0.25) is 0 Å². The summed E-state index contributed by atoms with van der Waals surface area (Å²) in [4.78, 5) is 23.4. The van der Waals surface area contributed by atoms with E-state index in [1.165, 1.54) is 25.1 Å². The van der Waals surface area contributed by atoms with Crippen LogP contribution in [0.25, 0.3) is 0 Å². The number of rotatable bonds is 5. The molecule has 0 aliphatic carbocycles. The van der Waals surface area contributed by atoms with Gasteiger partial charge in [0, 0.05) is 4.90 Å². The molecule has 0 saturated carbocycles. The van der Waals surface area contributed by atoms with Crippen LogP contribution in [0.4, 0.5) is 17.6 Å². The summed E-state index contributed by atoms with van der Waals surface area (Å²) in [6.07, 6.45) is -5.21. The Morgan fingerprint density at radius 1 is 1.04 bits per heavy atom. The smallest absolute Gasteiger partial charge is 0.426 e. The van der Waals surface area contributed by atoms with Crippen LogP contribution in [-0.2, 0) is 9.53 Å². The number of aryl methyl sites for hydroxylation is 1. The number of alkyl halides is 3. The van der Waals surface area contributed by atoms with Crippen molar-refractivity contribution < 1.29 is 36.6 Å². The zero-order valence-corrected chi connectivity index (χ0v) is 15.5. The van der Waals surface area contributed by atoms with E-state index in [1.807, 2.05) is 0 Å². The molecule has 0 heterocycles. The van der Waals surface area contributed by atoms with Crippen LogP contribution < -0.4 is 4.74 Å². The van der Waals surface area contributed by atoms with Gasteiger partial charge in [-0.15, -0.1) is 0 Å². The molecule has 0 aromatic heterocycles. The monoisotopic (exact) mass is 414 g/mol. The van der Waals surface area contributed by atoms with E-state index < -0.39 is 28.8 Å². The third-order valence-electron chi connectivity index (χ3n) is 3.44. The summed E-state index contributed by atoms with van der Waals surface area (Å²) in [6, 6.07) is 12.2. The van der Waals surface area contributed by atoms with Crippen molar-refractivity contribution in [3.63, 3.8) is 0 Å². The lowest BCUT2D eigenvalue weighted by Gasteiger charge is -2.12. The summed E-state index contributed by atoms with van der Waals surface area (Å²) >= 11 is 0.124. The molecule has 0 amide bonds. The quantitative estimate of drug-likeness (QED) is 0.221. The largest absolute Gasteiger partial charge is 0.465 e. The van der Waals surface area contributed by atoms with E-state index in [0.29, 0.717) is 11.1 Å². The van der Waals surface area contributed by atoms with Gasteiger partial charge in [0.25, 0.3) is 0 Å². The Morgan fingerprint density at radius 3 is 2.21 bits per heavy atom. The lowest BCUT2D eigenvalue weighted by Crippen LogP contribution is -2.22. The summed E-state index contributed by atoms with van der Waals surface area (Å²) in [5, 5.41) is -1.74. The first-order chi connectivity index (χ1) is 13.1. The minimum absolute atomic E-state index is 0.114. The molecule has 148 valence electrons. The Labute approximate surface area is 162 Å². The zero-order chi connectivity index (χ0) is 20.9. The van der Waals surface area contributed by atoms with Gasteiger partial charge in [-0.2, -0.15) is 17.6 Å². The number of halogens is 4. The van der Waals surface area contributed by atoms with Crippen molar-refractivity contribution in [2.24, 2.45) is 0 Å². The van der Waals surface area contributed by atoms with Crippen molar-refractivity contribution in [1.82, 2.24) is 0 Å². The second-order valence-electron chi connectivity index (χ2n) is 5.42. The third kappa shape index (κ3) is 5.35. The first kappa shape index (κ1) is 21.5. The highest BCUT2D eigenvalue weighted by Gasteiger charge is 2.43. The van der Waals surface area contributed by atoms with Gasteiger partial charge < -0.3 is 9.47 Å². The Kier molecular flexibility index (Phi) is 6.85. The van der Waals surface area contributed by atoms with Crippen molar-refractivity contribution in [2.45, 2.75) is 18.0 Å². The van der Waals surface area contributed by atoms with E-state index in [-0.39, 0.29) is 22.4 Å². The number of ether oxygens (including phenoxy) is 2. The number of hydrogen-bond acceptors (Lipinski definition) is 5. The molecule has 0 aliphatic heterocycles. The predicted octanol–water partition coefficient (Wildman–Crippen LogP) is 5.22. The average molecular weight is 414 g/mol. The topological polar surface area (TPSA) is 52.6 Å². The highest BCUT2D eigenvalue weighted by molar-refractivity contribution is 8.03. The molecule has 0 fully saturated rings. The van der Waals surface area contributed by atoms with Crippen molar-refractivity contribution in [1.29, 1.82) is 0 Å². The van der Waals surface area contributed by atoms with Gasteiger partial charge in [-0.1, -0.05) is 30.0 Å². The van der Waals surface area contributed by atoms with Crippen LogP contribution in [0.3, 0.4) is 0 Å². The summed E-state index contributed by atoms with van der Waals surface area (Å²) in [6.45, 7) is 1.50. The van der Waals surface area contributed by atoms with Crippen LogP contribution >= 0.6 is 11.8 Å². The van der Waals surface area contributed by atoms with Crippen molar-refractivity contribution >= 4 is 23.7 Å². The van der Waals surface area contributed by atoms with E-state index in [1.54, 1.807) is 30.3 Å². The van der Waals surface area contributed by atoms with Gasteiger partial charge >= 0.3 is 18.1 Å². The number of thioether (sulfide) groups is 1. The molecule has 0 unspecified atom stereocenters. The number of esters is 2. The van der Waals surface area contributed by atoms with Crippen LogP contribution in [0.5, 0.6) is 5.75 Å². The van der Waals surface area contributed by atoms with Gasteiger partial charge in [-0.25, -0.2) is 9.59 Å². The Balaban J connectivity index is 2.23. The Bertz CT molecular complexity index is 908. The Hall–Kier alpha value is -2.81. The molecule has 0 spiro atoms. The maximum Gasteiger partial charge on any atom is 0.426 e. The van der Waals surface area contributed by atoms with Crippen molar-refractivity contribution in [3.05, 3.63) is 70.4 Å². The first-order valence-corrected chi connectivity index (χ1v) is 8.56. The maximum atomic E-state index is 14.1. The van der Waals surface area contributed by atoms with Crippen LogP contribution in [-0.4, -0.2) is 25.2 Å². The van der Waals surface area contributed by atoms with Gasteiger partial charge in [0.15, 0.2) is 10.7 Å². The molecule has 2 aromatic carbocycles. The van der Waals surface area contributed by atoms with Gasteiger partial charge in [-0.05, 0) is 42.8 Å². The van der Waals surface area contributed by atoms with Gasteiger partial charge in [0.1, 0.15) is 5.75 Å². The van der Waals surface area contributed by atoms with Gasteiger partial charge in [0.05, 0.1) is 12.7 Å². The fraction of sp³-hybridized carbons (Fsp3) is 0.158. The van der Waals surface area contributed by atoms with E-state index in [2.05, 4.69) is 4.74 Å². The summed E-state index contributed by atoms with van der Waals surface area (Å²) in [5.74, 6) is -2.29. The average Bonchev–Trinajstić information content (AvgIpc) is 2.63. The summed E-state index contributed by atoms with van der Waals surface area (Å²) in [7, 11) is 0.729. The van der Waals surface area contributed by atoms with E-state index in [0.717, 1.165) is 7.11 Å². The molecular formula is C19H14F4O4S. The zero-order valence-electron chi connectivity index (χ0n) is 14.7. The normalized spacial score (nSPS) is 12.2. The van der Waals surface area contributed by atoms with Gasteiger partial charge in [-0.3, -0.25) is 0 Å². The molecule has 9 heteroatoms. The molecule has 0 atom stereocenters. The molecule has 0 aliphatic rings. The minimum atomic E-state index is -5.21. The van der Waals surface area contributed by atoms with Crippen LogP contribution in [0.15, 0.2) is 64.2 Å². The first-order valence-electron chi connectivity index (χ1n) is 7.74. The maximum absolute atomic E-state index is 14.1. The number of benzene rings is 2. The highest BCUT2D eigenvalue weighted by Crippen LogP contribution is 2.39. The van der Waals surface area contributed by atoms with Crippen LogP contribution in [0.2, 0.25) is 0 Å². The fourth-order valence-corrected chi connectivity index (χ4v) is 2.95. The highest BCUT2D eigenvalue weighted by atomic mass is 32.2. The minimum Gasteiger partial charge on any atom is -0.465 e. The standard InChI is InChI=1S/C19H14F4O4S/c1-11-10-13(27-17(24)12-6-4-3-5-7-12)8-9-14(11)28-16(20)15(18(25)26-2)19(21,22)23/h3-10H,1-2H3/b16-15+. The summed E-state index contributed by atoms with van der Waals surface area (Å²) in [5.41, 5.74) is -1.34. The van der Waals surface area contributed by atoms with Crippen LogP contribution in [0.1, 0.15) is 15.9 Å². The molecule has 2 aromatic rings. The number of methoxy groups -OCH3 is 1. The molecular weight excluding hydrogens is 400 g/mol. The van der Waals surface area contributed by atoms with Crippen molar-refractivity contribution in [3.8, 4) is 5.75 Å². The number of hydrogen-bond donors (Lipinski definition) is 0. The lowest BCUT2D eigenvalue weighted by molar-refractivity contribution is -0.148. The molecule has 4 nitrogen and oxygen atoms in total. The van der Waals surface area contributed by atoms with Crippen molar-refractivity contribution in [2.75, 3.05) is 7.11 Å². The van der Waals surface area contributed by atoms with E-state index >= 15 is 0 Å². The Morgan fingerprint density at radius 2 is 1.68 bits per heavy atom. The molecule has 0 saturated heterocycles. The molecule has 0 N–H and O–H groups in total. The fourth-order valence-electron chi connectivity index (χ4n) is 2.10. The third-order valence-corrected chi connectivity index (χ3v) is 4.50. The van der Waals surface area contributed by atoms with Crippen LogP contribution in [0, 0.1) is 6.92 Å². The number of carbonyl (C=O) groups excluding carboxylic acids is 2. The van der Waals surface area contributed by atoms with E-state index in [9.17, 15) is 27.2 Å². The second-order valence-corrected chi connectivity index (χ2v) is 6.43. The second kappa shape index (κ2) is 8.92. The molecule has 28 heavy (non-hydrogen) atoms. The molecule has 2 rings (SSSR count).